The molecule has 1 heterocycles. The zero-order valence-electron chi connectivity index (χ0n) is 16.5. The van der Waals surface area contributed by atoms with Crippen molar-refractivity contribution in [1.82, 2.24) is 9.21 Å². The predicted octanol–water partition coefficient (Wildman–Crippen LogP) is 3.73. The summed E-state index contributed by atoms with van der Waals surface area (Å²) < 4.78 is 34.1. The molecule has 148 valence electrons. The molecular weight excluding hydrogens is 360 g/mol. The van der Waals surface area contributed by atoms with E-state index in [0.717, 1.165) is 55.4 Å². The molecule has 1 fully saturated rings. The maximum atomic E-state index is 13.4. The first-order valence-electron chi connectivity index (χ1n) is 9.84. The van der Waals surface area contributed by atoms with Gasteiger partial charge in [-0.15, -0.1) is 0 Å². The molecule has 3 rings (SSSR count). The third-order valence-electron chi connectivity index (χ3n) is 5.41. The Balaban J connectivity index is 1.90. The molecule has 0 N–H and O–H groups in total. The van der Waals surface area contributed by atoms with E-state index in [4.69, 9.17) is 4.74 Å². The van der Waals surface area contributed by atoms with Crippen molar-refractivity contribution in [3.63, 3.8) is 0 Å². The third-order valence-corrected chi connectivity index (χ3v) is 7.38. The quantitative estimate of drug-likeness (QED) is 0.723. The van der Waals surface area contributed by atoms with Gasteiger partial charge in [0, 0.05) is 23.9 Å². The Morgan fingerprint density at radius 2 is 1.74 bits per heavy atom. The normalized spacial score (nSPS) is 16.9. The summed E-state index contributed by atoms with van der Waals surface area (Å²) in [6.45, 7) is 7.67. The van der Waals surface area contributed by atoms with E-state index >= 15 is 0 Å². The van der Waals surface area contributed by atoms with Gasteiger partial charge in [-0.25, -0.2) is 8.42 Å². The van der Waals surface area contributed by atoms with Gasteiger partial charge in [0.2, 0.25) is 10.0 Å². The number of benzene rings is 2. The summed E-state index contributed by atoms with van der Waals surface area (Å²) in [7, 11) is -1.84. The van der Waals surface area contributed by atoms with Gasteiger partial charge in [0.15, 0.2) is 0 Å². The van der Waals surface area contributed by atoms with Gasteiger partial charge in [0.25, 0.3) is 0 Å². The summed E-state index contributed by atoms with van der Waals surface area (Å²) in [4.78, 5) is 2.78. The molecule has 1 aliphatic rings. The van der Waals surface area contributed by atoms with Crippen LogP contribution in [0.3, 0.4) is 0 Å². The van der Waals surface area contributed by atoms with Crippen LogP contribution >= 0.6 is 0 Å². The van der Waals surface area contributed by atoms with Crippen molar-refractivity contribution in [2.24, 2.45) is 0 Å². The van der Waals surface area contributed by atoms with Gasteiger partial charge < -0.3 is 9.64 Å². The zero-order chi connectivity index (χ0) is 19.4. The Morgan fingerprint density at radius 3 is 2.37 bits per heavy atom. The van der Waals surface area contributed by atoms with Crippen LogP contribution in [0.5, 0.6) is 5.75 Å². The van der Waals surface area contributed by atoms with E-state index in [1.165, 1.54) is 0 Å². The average molecular weight is 391 g/mol. The second-order valence-electron chi connectivity index (χ2n) is 7.13. The Kier molecular flexibility index (Phi) is 6.40. The summed E-state index contributed by atoms with van der Waals surface area (Å²) >= 11 is 0. The number of hydrogen-bond acceptors (Lipinski definition) is 4. The summed E-state index contributed by atoms with van der Waals surface area (Å²) in [5.74, 6) is 0.725. The second-order valence-corrected chi connectivity index (χ2v) is 9.10. The highest BCUT2D eigenvalue weighted by molar-refractivity contribution is 7.89. The van der Waals surface area contributed by atoms with Crippen LogP contribution in [-0.2, 0) is 10.0 Å². The molecule has 27 heavy (non-hydrogen) atoms. The SMILES string of the molecule is CCCN1CCC(N(C)S(=O)(=O)c2ccc(OCC)c3ccccc23)CC1. The first-order valence-corrected chi connectivity index (χ1v) is 11.3. The fourth-order valence-electron chi connectivity index (χ4n) is 3.92. The molecule has 0 aliphatic carbocycles. The van der Waals surface area contributed by atoms with Crippen LogP contribution in [0.4, 0.5) is 0 Å². The minimum Gasteiger partial charge on any atom is -0.493 e. The van der Waals surface area contributed by atoms with Crippen molar-refractivity contribution < 1.29 is 13.2 Å². The Morgan fingerprint density at radius 1 is 1.07 bits per heavy atom. The number of ether oxygens (including phenoxy) is 1. The highest BCUT2D eigenvalue weighted by Crippen LogP contribution is 2.33. The van der Waals surface area contributed by atoms with Gasteiger partial charge in [-0.3, -0.25) is 0 Å². The van der Waals surface area contributed by atoms with Gasteiger partial charge in [0.1, 0.15) is 5.75 Å². The van der Waals surface area contributed by atoms with Crippen LogP contribution in [0, 0.1) is 0 Å². The lowest BCUT2D eigenvalue weighted by Gasteiger charge is -2.36. The van der Waals surface area contributed by atoms with Crippen molar-refractivity contribution in [3.05, 3.63) is 36.4 Å². The van der Waals surface area contributed by atoms with Gasteiger partial charge >= 0.3 is 0 Å². The van der Waals surface area contributed by atoms with Gasteiger partial charge in [-0.2, -0.15) is 4.31 Å². The summed E-state index contributed by atoms with van der Waals surface area (Å²) in [6.07, 6.45) is 2.90. The van der Waals surface area contributed by atoms with Crippen LogP contribution in [0.25, 0.3) is 10.8 Å². The first-order chi connectivity index (χ1) is 13.0. The molecule has 0 atom stereocenters. The topological polar surface area (TPSA) is 49.9 Å². The van der Waals surface area contributed by atoms with E-state index in [0.29, 0.717) is 11.5 Å². The standard InChI is InChI=1S/C21H30N2O3S/c1-4-14-23-15-12-17(13-16-23)22(3)27(24,25)21-11-10-20(26-5-2)18-8-6-7-9-19(18)21/h6-11,17H,4-5,12-16H2,1-3H3. The third kappa shape index (κ3) is 4.13. The molecule has 0 amide bonds. The molecule has 0 unspecified atom stereocenters. The van der Waals surface area contributed by atoms with Crippen molar-refractivity contribution in [2.45, 2.75) is 44.0 Å². The number of nitrogens with zero attached hydrogens (tertiary/aromatic N) is 2. The minimum atomic E-state index is -3.57. The zero-order valence-corrected chi connectivity index (χ0v) is 17.3. The average Bonchev–Trinajstić information content (AvgIpc) is 2.68. The molecule has 0 radical (unpaired) electrons. The molecule has 6 heteroatoms. The molecule has 0 saturated carbocycles. The van der Waals surface area contributed by atoms with Gasteiger partial charge in [0.05, 0.1) is 11.5 Å². The molecule has 0 spiro atoms. The minimum absolute atomic E-state index is 0.0495. The Hall–Kier alpha value is -1.63. The van der Waals surface area contributed by atoms with Crippen molar-refractivity contribution in [2.75, 3.05) is 33.3 Å². The van der Waals surface area contributed by atoms with E-state index in [-0.39, 0.29) is 6.04 Å². The predicted molar refractivity (Wildman–Crippen MR) is 110 cm³/mol. The second kappa shape index (κ2) is 8.59. The van der Waals surface area contributed by atoms with Crippen molar-refractivity contribution in [3.8, 4) is 5.75 Å². The van der Waals surface area contributed by atoms with Crippen LogP contribution < -0.4 is 4.74 Å². The maximum absolute atomic E-state index is 13.4. The summed E-state index contributed by atoms with van der Waals surface area (Å²) in [5.41, 5.74) is 0. The van der Waals surface area contributed by atoms with Crippen LogP contribution in [0.15, 0.2) is 41.3 Å². The number of rotatable bonds is 7. The number of fused-ring (bicyclic) bond motifs is 1. The number of likely N-dealkylation sites (tertiary alicyclic amines) is 1. The Bertz CT molecular complexity index is 874. The van der Waals surface area contributed by atoms with E-state index in [9.17, 15) is 8.42 Å². The smallest absolute Gasteiger partial charge is 0.243 e. The summed E-state index contributed by atoms with van der Waals surface area (Å²) in [5, 5.41) is 1.56. The molecule has 5 nitrogen and oxygen atoms in total. The molecule has 2 aromatic rings. The number of hydrogen-bond donors (Lipinski definition) is 0. The molecule has 0 aromatic heterocycles. The van der Waals surface area contributed by atoms with E-state index in [1.54, 1.807) is 23.5 Å². The number of sulfonamides is 1. The van der Waals surface area contributed by atoms with Crippen molar-refractivity contribution >= 4 is 20.8 Å². The maximum Gasteiger partial charge on any atom is 0.243 e. The number of piperidine rings is 1. The van der Waals surface area contributed by atoms with Gasteiger partial charge in [-0.05, 0) is 58.0 Å². The highest BCUT2D eigenvalue weighted by Gasteiger charge is 2.32. The van der Waals surface area contributed by atoms with Crippen LogP contribution in [0.2, 0.25) is 0 Å². The monoisotopic (exact) mass is 390 g/mol. The molecular formula is C21H30N2O3S. The Labute approximate surface area is 163 Å². The molecule has 1 aliphatic heterocycles. The largest absolute Gasteiger partial charge is 0.493 e. The van der Waals surface area contributed by atoms with Crippen LogP contribution in [-0.4, -0.2) is 57.0 Å². The lowest BCUT2D eigenvalue weighted by molar-refractivity contribution is 0.170. The molecule has 1 saturated heterocycles. The lowest BCUT2D eigenvalue weighted by Crippen LogP contribution is -2.45. The van der Waals surface area contributed by atoms with Gasteiger partial charge in [-0.1, -0.05) is 31.2 Å². The lowest BCUT2D eigenvalue weighted by atomic mass is 10.1. The van der Waals surface area contributed by atoms with E-state index in [2.05, 4.69) is 11.8 Å². The fraction of sp³-hybridized carbons (Fsp3) is 0.524. The summed E-state index contributed by atoms with van der Waals surface area (Å²) in [6, 6.07) is 11.1. The fourth-order valence-corrected chi connectivity index (χ4v) is 5.53. The highest BCUT2D eigenvalue weighted by atomic mass is 32.2. The first kappa shape index (κ1) is 20.1. The van der Waals surface area contributed by atoms with E-state index < -0.39 is 10.0 Å². The van der Waals surface area contributed by atoms with E-state index in [1.807, 2.05) is 31.2 Å². The van der Waals surface area contributed by atoms with Crippen LogP contribution in [0.1, 0.15) is 33.1 Å². The molecule has 0 bridgehead atoms. The molecule has 2 aromatic carbocycles. The van der Waals surface area contributed by atoms with Crippen molar-refractivity contribution in [1.29, 1.82) is 0 Å².